The highest BCUT2D eigenvalue weighted by atomic mass is 32.1. The molecule has 148 heavy (non-hydrogen) atoms. The standard InChI is InChI=1S/C25H28O.C25H28S.2C23H22O.2C23H22S/c2*1-2-3-4-5-6-7-8-9-12-19-15-16-22-23-18-20-13-10-11-14-21(20)25(23)26-24(22)17-19;1-2-3-4-5-6-7-10-17-13-14-19-18(15-17)16-21-20-11-8-9-12-22(20)24-23(19)21;1-2-3-4-5-6-7-10-17-13-14-20-21-16-18-11-8-9-12-19(18)23(21)24-22(20)15-17;1-2-3-4-5-6-7-10-17-13-14-19-18(15-17)16-21-20-11-8-9-12-22(20)24-23(19)21;1-2-3-4-5-6-7-10-17-13-14-20-21-16-18-11-8-9-12-19(18)23(21)24-22(20)15-17/h2*9-17H,2-8,18H2,1H3;4*8-9,11-15H,2-6,16H2,1H3/b2*12-9+;;;;. The third-order valence-electron chi connectivity index (χ3n) is 30.2. The van der Waals surface area contributed by atoms with Crippen molar-refractivity contribution < 1.29 is 13.3 Å². The summed E-state index contributed by atoms with van der Waals surface area (Å²) in [7, 11) is 0. The van der Waals surface area contributed by atoms with Crippen LogP contribution < -0.4 is 0 Å². The molecule has 12 aromatic carbocycles. The number of unbranched alkanes of at least 4 members (excludes halogenated alkanes) is 28. The molecule has 3 nitrogen and oxygen atoms in total. The second kappa shape index (κ2) is 52.1. The molecule has 0 saturated carbocycles. The number of thiophene rings is 3. The van der Waals surface area contributed by atoms with E-state index in [1.54, 1.807) is 0 Å². The molecule has 0 fully saturated rings. The van der Waals surface area contributed by atoms with Gasteiger partial charge >= 0.3 is 0 Å². The van der Waals surface area contributed by atoms with Gasteiger partial charge in [0.05, 0.1) is 0 Å². The number of fused-ring (bicyclic) bond motifs is 30. The lowest BCUT2D eigenvalue weighted by atomic mass is 10.1. The van der Waals surface area contributed by atoms with Crippen LogP contribution >= 0.6 is 34.0 Å². The van der Waals surface area contributed by atoms with Crippen LogP contribution in [0.5, 0.6) is 0 Å². The largest absolute Gasteiger partial charge is 0.456 e. The molecule has 0 amide bonds. The van der Waals surface area contributed by atoms with Gasteiger partial charge in [0.2, 0.25) is 0 Å². The Hall–Kier alpha value is -13.1. The van der Waals surface area contributed by atoms with Crippen LogP contribution in [0.2, 0.25) is 0 Å². The average Bonchev–Trinajstić information content (AvgIpc) is 1.62. The molecule has 24 rings (SSSR count). The molecule has 6 aromatic heterocycles. The third-order valence-corrected chi connectivity index (χ3v) is 33.9. The molecule has 6 aliphatic rings. The number of rotatable bonds is 32. The Labute approximate surface area is 893 Å². The lowest BCUT2D eigenvalue weighted by molar-refractivity contribution is 0.611. The van der Waals surface area contributed by atoms with Gasteiger partial charge < -0.3 is 13.3 Å². The minimum absolute atomic E-state index is 0.952. The van der Waals surface area contributed by atoms with Gasteiger partial charge in [-0.1, -0.05) is 424 Å². The van der Waals surface area contributed by atoms with Gasteiger partial charge in [-0.25, -0.2) is 0 Å². The Morgan fingerprint density at radius 2 is 0.534 bits per heavy atom. The summed E-state index contributed by atoms with van der Waals surface area (Å²) in [5, 5.41) is 8.04. The SMILES string of the molecule is CCCCCCC#Cc1ccc2c(c1)Cc1c-2oc2ccccc12.CCCCCCC#Cc1ccc2c(c1)Cc1c-2sc2ccccc12.CCCCCCC#Cc1ccc2c3c(oc2c1)-c1ccccc1C3.CCCCCCC#Cc1ccc2c3c(sc2c1)-c1ccccc1C3.CCCCCCCC/C=C/c1ccc2c3c(oc2c1)-c1ccccc1C3.CCCCCCCC/C=C/c1ccc2c3c(sc2c1)-c1ccccc1C3. The molecule has 0 atom stereocenters. The van der Waals surface area contributed by atoms with E-state index in [1.807, 2.05) is 46.1 Å². The minimum Gasteiger partial charge on any atom is -0.456 e. The van der Waals surface area contributed by atoms with Gasteiger partial charge in [0.15, 0.2) is 0 Å². The third kappa shape index (κ3) is 25.2. The first-order valence-corrected chi connectivity index (χ1v) is 58.8. The van der Waals surface area contributed by atoms with Gasteiger partial charge in [0.1, 0.15) is 34.0 Å². The van der Waals surface area contributed by atoms with Crippen LogP contribution in [0.15, 0.2) is 280 Å². The first-order chi connectivity index (χ1) is 73.2. The van der Waals surface area contributed by atoms with Crippen LogP contribution in [0, 0.1) is 47.4 Å². The molecule has 0 aliphatic heterocycles. The van der Waals surface area contributed by atoms with Gasteiger partial charge in [-0.3, -0.25) is 0 Å². The number of hydrogen-bond donors (Lipinski definition) is 0. The van der Waals surface area contributed by atoms with Gasteiger partial charge in [0.25, 0.3) is 0 Å². The predicted octanol–water partition coefficient (Wildman–Crippen LogP) is 42.2. The summed E-state index contributed by atoms with van der Waals surface area (Å²) < 4.78 is 22.7. The molecular formula is C142H144O3S3. The summed E-state index contributed by atoms with van der Waals surface area (Å²) in [4.78, 5) is 4.42. The summed E-state index contributed by atoms with van der Waals surface area (Å²) in [6.45, 7) is 13.5. The molecule has 18 aromatic rings. The van der Waals surface area contributed by atoms with E-state index in [2.05, 4.69) is 356 Å². The molecule has 0 saturated heterocycles. The molecule has 6 heteroatoms. The monoisotopic (exact) mass is 1990 g/mol. The summed E-state index contributed by atoms with van der Waals surface area (Å²) in [6, 6.07) is 91.9. The normalized spacial score (nSPS) is 12.2. The first kappa shape index (κ1) is 103. The van der Waals surface area contributed by atoms with Crippen molar-refractivity contribution in [2.75, 3.05) is 0 Å². The predicted molar refractivity (Wildman–Crippen MR) is 640 cm³/mol. The van der Waals surface area contributed by atoms with Gasteiger partial charge in [-0.05, 0) is 230 Å². The molecule has 6 heterocycles. The zero-order valence-electron chi connectivity index (χ0n) is 88.3. The van der Waals surface area contributed by atoms with Crippen LogP contribution in [-0.2, 0) is 38.5 Å². The van der Waals surface area contributed by atoms with Gasteiger partial charge in [-0.15, -0.1) is 34.0 Å². The van der Waals surface area contributed by atoms with Crippen LogP contribution in [0.3, 0.4) is 0 Å². The zero-order valence-corrected chi connectivity index (χ0v) is 90.7. The number of hydrogen-bond acceptors (Lipinski definition) is 6. The van der Waals surface area contributed by atoms with E-state index in [1.165, 1.54) is 371 Å². The van der Waals surface area contributed by atoms with Crippen molar-refractivity contribution in [3.63, 3.8) is 0 Å². The topological polar surface area (TPSA) is 39.4 Å². The van der Waals surface area contributed by atoms with Gasteiger partial charge in [0, 0.05) is 165 Å². The summed E-state index contributed by atoms with van der Waals surface area (Å²) in [6.07, 6.45) is 58.6. The number of benzene rings is 12. The van der Waals surface area contributed by atoms with Crippen LogP contribution in [-0.4, -0.2) is 0 Å². The average molecular weight is 1990 g/mol. The Kier molecular flexibility index (Phi) is 36.4. The lowest BCUT2D eigenvalue weighted by Crippen LogP contribution is -1.84. The van der Waals surface area contributed by atoms with E-state index >= 15 is 0 Å². The smallest absolute Gasteiger partial charge is 0.139 e. The maximum Gasteiger partial charge on any atom is 0.139 e. The summed E-state index contributed by atoms with van der Waals surface area (Å²) in [5.74, 6) is 29.8. The highest BCUT2D eigenvalue weighted by molar-refractivity contribution is 7.23. The summed E-state index contributed by atoms with van der Waals surface area (Å²) in [5.41, 5.74) is 35.1. The second-order valence-corrected chi connectivity index (χ2v) is 44.3. The molecule has 6 aliphatic carbocycles. The molecule has 0 spiro atoms. The summed E-state index contributed by atoms with van der Waals surface area (Å²) >= 11 is 5.82. The van der Waals surface area contributed by atoms with E-state index in [4.69, 9.17) is 13.3 Å². The first-order valence-electron chi connectivity index (χ1n) is 56.3. The highest BCUT2D eigenvalue weighted by Crippen LogP contribution is 2.52. The molecular weight excluding hydrogens is 1850 g/mol. The lowest BCUT2D eigenvalue weighted by Gasteiger charge is -2.00. The molecule has 0 bridgehead atoms. The van der Waals surface area contributed by atoms with Crippen molar-refractivity contribution >= 4 is 109 Å². The van der Waals surface area contributed by atoms with Crippen LogP contribution in [0.4, 0.5) is 0 Å². The van der Waals surface area contributed by atoms with Gasteiger partial charge in [-0.2, -0.15) is 0 Å². The fraction of sp³-hybridized carbons (Fsp3) is 0.324. The second-order valence-electron chi connectivity index (χ2n) is 41.2. The highest BCUT2D eigenvalue weighted by Gasteiger charge is 2.31. The molecule has 0 unspecified atom stereocenters. The number of para-hydroxylation sites is 1. The van der Waals surface area contributed by atoms with Crippen molar-refractivity contribution in [1.82, 2.24) is 0 Å². The molecule has 748 valence electrons. The van der Waals surface area contributed by atoms with E-state index in [0.717, 1.165) is 115 Å². The van der Waals surface area contributed by atoms with Crippen molar-refractivity contribution in [3.05, 3.63) is 367 Å². The van der Waals surface area contributed by atoms with E-state index in [-0.39, 0.29) is 0 Å². The quantitative estimate of drug-likeness (QED) is 0.0312. The van der Waals surface area contributed by atoms with Crippen molar-refractivity contribution in [2.45, 2.75) is 298 Å². The van der Waals surface area contributed by atoms with Crippen molar-refractivity contribution in [3.8, 4) is 113 Å². The Morgan fingerprint density at radius 1 is 0.230 bits per heavy atom. The Balaban J connectivity index is 0.000000112. The van der Waals surface area contributed by atoms with Crippen molar-refractivity contribution in [2.24, 2.45) is 0 Å². The van der Waals surface area contributed by atoms with Crippen LogP contribution in [0.25, 0.3) is 141 Å². The maximum atomic E-state index is 6.23. The van der Waals surface area contributed by atoms with Crippen LogP contribution in [0.1, 0.15) is 360 Å². The van der Waals surface area contributed by atoms with E-state index in [9.17, 15) is 0 Å². The zero-order chi connectivity index (χ0) is 101. The minimum atomic E-state index is 0.952. The Bertz CT molecular complexity index is 7520. The van der Waals surface area contributed by atoms with E-state index < -0.39 is 0 Å². The van der Waals surface area contributed by atoms with Crippen molar-refractivity contribution in [1.29, 1.82) is 0 Å². The maximum absolute atomic E-state index is 6.23. The number of allylic oxidation sites excluding steroid dienone is 2. The number of furan rings is 3. The van der Waals surface area contributed by atoms with E-state index in [0.29, 0.717) is 0 Å². The molecule has 0 radical (unpaired) electrons. The fourth-order valence-electron chi connectivity index (χ4n) is 22.1. The molecule has 0 N–H and O–H groups in total. The fourth-order valence-corrected chi connectivity index (χ4v) is 26.0. The Morgan fingerprint density at radius 3 is 1.03 bits per heavy atom.